The molecule has 1 amide bonds. The smallest absolute Gasteiger partial charge is 0.246 e. The second-order valence-electron chi connectivity index (χ2n) is 5.52. The summed E-state index contributed by atoms with van der Waals surface area (Å²) in [5, 5.41) is 9.10. The number of nitrogens with zero attached hydrogens (tertiary/aromatic N) is 1. The molecule has 2 heterocycles. The molecule has 1 aromatic rings. The predicted molar refractivity (Wildman–Crippen MR) is 73.0 cm³/mol. The number of aromatic nitrogens is 1. The van der Waals surface area contributed by atoms with Crippen LogP contribution >= 0.6 is 11.3 Å². The van der Waals surface area contributed by atoms with E-state index in [-0.39, 0.29) is 5.91 Å². The summed E-state index contributed by atoms with van der Waals surface area (Å²) in [6.07, 6.45) is 5.67. The molecule has 1 aromatic heterocycles. The van der Waals surface area contributed by atoms with Crippen molar-refractivity contribution in [2.45, 2.75) is 50.5 Å². The third-order valence-corrected chi connectivity index (χ3v) is 4.63. The molecule has 4 nitrogen and oxygen atoms in total. The molecule has 0 aromatic carbocycles. The van der Waals surface area contributed by atoms with Gasteiger partial charge < -0.3 is 10.6 Å². The Hall–Kier alpha value is -0.940. The number of hydrogen-bond donors (Lipinski definition) is 2. The predicted octanol–water partition coefficient (Wildman–Crippen LogP) is 2.49. The van der Waals surface area contributed by atoms with E-state index < -0.39 is 5.54 Å². The van der Waals surface area contributed by atoms with Gasteiger partial charge in [0, 0.05) is 11.3 Å². The maximum absolute atomic E-state index is 12.3. The fourth-order valence-corrected chi connectivity index (χ4v) is 3.18. The van der Waals surface area contributed by atoms with Gasteiger partial charge in [-0.15, -0.1) is 11.3 Å². The molecule has 2 aliphatic rings. The molecule has 18 heavy (non-hydrogen) atoms. The fourth-order valence-electron chi connectivity index (χ4n) is 2.40. The van der Waals surface area contributed by atoms with E-state index in [1.165, 1.54) is 24.2 Å². The zero-order chi connectivity index (χ0) is 12.6. The number of rotatable bonds is 3. The highest BCUT2D eigenvalue weighted by Gasteiger charge is 2.35. The van der Waals surface area contributed by atoms with Crippen LogP contribution in [0.1, 0.15) is 50.6 Å². The minimum absolute atomic E-state index is 0.0545. The van der Waals surface area contributed by atoms with Crippen LogP contribution < -0.4 is 10.6 Å². The van der Waals surface area contributed by atoms with Gasteiger partial charge in [-0.2, -0.15) is 0 Å². The minimum atomic E-state index is -0.427. The summed E-state index contributed by atoms with van der Waals surface area (Å²) < 4.78 is 0. The molecule has 1 atom stereocenters. The van der Waals surface area contributed by atoms with Crippen LogP contribution in [0.15, 0.2) is 5.38 Å². The summed E-state index contributed by atoms with van der Waals surface area (Å²) in [7, 11) is 0. The minimum Gasteiger partial charge on any atom is -0.304 e. The topological polar surface area (TPSA) is 54.0 Å². The zero-order valence-electron chi connectivity index (χ0n) is 10.7. The van der Waals surface area contributed by atoms with Crippen molar-refractivity contribution in [2.24, 2.45) is 0 Å². The van der Waals surface area contributed by atoms with Crippen LogP contribution in [0, 0.1) is 0 Å². The molecule has 2 fully saturated rings. The average Bonchev–Trinajstić information content (AvgIpc) is 3.11. The lowest BCUT2D eigenvalue weighted by atomic mass is 9.90. The van der Waals surface area contributed by atoms with Gasteiger partial charge in [0.25, 0.3) is 0 Å². The first-order valence-electron chi connectivity index (χ1n) is 6.69. The van der Waals surface area contributed by atoms with Gasteiger partial charge in [-0.3, -0.25) is 4.79 Å². The molecule has 1 aliphatic carbocycles. The molecule has 1 aliphatic heterocycles. The number of carbonyl (C=O) groups is 1. The van der Waals surface area contributed by atoms with Crippen molar-refractivity contribution in [1.82, 2.24) is 10.3 Å². The van der Waals surface area contributed by atoms with Gasteiger partial charge in [0.1, 0.15) is 0 Å². The molecular weight excluding hydrogens is 246 g/mol. The highest BCUT2D eigenvalue weighted by Crippen LogP contribution is 2.41. The van der Waals surface area contributed by atoms with E-state index in [1.54, 1.807) is 0 Å². The summed E-state index contributed by atoms with van der Waals surface area (Å²) in [4.78, 5) is 16.8. The van der Waals surface area contributed by atoms with Crippen LogP contribution in [0.3, 0.4) is 0 Å². The molecule has 0 spiro atoms. The molecule has 3 rings (SSSR count). The van der Waals surface area contributed by atoms with Crippen molar-refractivity contribution in [3.05, 3.63) is 11.1 Å². The number of carbonyl (C=O) groups excluding carboxylic acids is 1. The van der Waals surface area contributed by atoms with Crippen molar-refractivity contribution >= 4 is 22.4 Å². The van der Waals surface area contributed by atoms with Gasteiger partial charge in [0.2, 0.25) is 5.91 Å². The van der Waals surface area contributed by atoms with Crippen molar-refractivity contribution in [3.8, 4) is 0 Å². The summed E-state index contributed by atoms with van der Waals surface area (Å²) in [6, 6.07) is 0. The van der Waals surface area contributed by atoms with E-state index in [0.29, 0.717) is 5.92 Å². The Balaban J connectivity index is 1.65. The average molecular weight is 265 g/mol. The first kappa shape index (κ1) is 12.1. The van der Waals surface area contributed by atoms with Gasteiger partial charge >= 0.3 is 0 Å². The molecule has 98 valence electrons. The number of nitrogens with one attached hydrogen (secondary N) is 2. The van der Waals surface area contributed by atoms with Gasteiger partial charge in [0.15, 0.2) is 5.13 Å². The lowest BCUT2D eigenvalue weighted by molar-refractivity contribution is -0.122. The Morgan fingerprint density at radius 3 is 3.06 bits per heavy atom. The van der Waals surface area contributed by atoms with Crippen molar-refractivity contribution in [1.29, 1.82) is 0 Å². The zero-order valence-corrected chi connectivity index (χ0v) is 11.5. The summed E-state index contributed by atoms with van der Waals surface area (Å²) >= 11 is 1.54. The Morgan fingerprint density at radius 1 is 1.56 bits per heavy atom. The number of anilines is 1. The molecule has 2 N–H and O–H groups in total. The monoisotopic (exact) mass is 265 g/mol. The quantitative estimate of drug-likeness (QED) is 0.883. The van der Waals surface area contributed by atoms with Crippen LogP contribution in [0.2, 0.25) is 0 Å². The molecule has 5 heteroatoms. The van der Waals surface area contributed by atoms with Gasteiger partial charge in [-0.05, 0) is 45.6 Å². The fraction of sp³-hybridized carbons (Fsp3) is 0.692. The van der Waals surface area contributed by atoms with E-state index in [4.69, 9.17) is 0 Å². The lowest BCUT2D eigenvalue weighted by Crippen LogP contribution is -2.54. The Morgan fingerprint density at radius 2 is 2.39 bits per heavy atom. The van der Waals surface area contributed by atoms with E-state index in [0.717, 1.165) is 36.6 Å². The van der Waals surface area contributed by atoms with Crippen molar-refractivity contribution in [2.75, 3.05) is 11.9 Å². The third-order valence-electron chi connectivity index (χ3n) is 3.86. The van der Waals surface area contributed by atoms with Crippen molar-refractivity contribution < 1.29 is 4.79 Å². The van der Waals surface area contributed by atoms with Crippen molar-refractivity contribution in [3.63, 3.8) is 0 Å². The highest BCUT2D eigenvalue weighted by molar-refractivity contribution is 7.14. The number of amides is 1. The van der Waals surface area contributed by atoms with Crippen LogP contribution in [0.4, 0.5) is 5.13 Å². The third kappa shape index (κ3) is 2.42. The molecule has 1 unspecified atom stereocenters. The summed E-state index contributed by atoms with van der Waals surface area (Å²) in [6.45, 7) is 2.91. The number of piperidine rings is 1. The lowest BCUT2D eigenvalue weighted by Gasteiger charge is -2.33. The van der Waals surface area contributed by atoms with E-state index in [2.05, 4.69) is 21.0 Å². The number of hydrogen-bond acceptors (Lipinski definition) is 4. The Labute approximate surface area is 111 Å². The SMILES string of the molecule is CC1(C(=O)Nc2nc(C3CC3)cs2)CCCCN1. The van der Waals surface area contributed by atoms with E-state index >= 15 is 0 Å². The van der Waals surface area contributed by atoms with Crippen LogP contribution in [0.5, 0.6) is 0 Å². The summed E-state index contributed by atoms with van der Waals surface area (Å²) in [5.74, 6) is 0.703. The van der Waals surface area contributed by atoms with Gasteiger partial charge in [0.05, 0.1) is 11.2 Å². The molecular formula is C13H19N3OS. The van der Waals surface area contributed by atoms with Gasteiger partial charge in [-0.1, -0.05) is 0 Å². The molecule has 0 radical (unpaired) electrons. The Kier molecular flexibility index (Phi) is 3.11. The maximum atomic E-state index is 12.3. The summed E-state index contributed by atoms with van der Waals surface area (Å²) in [5.41, 5.74) is 0.723. The number of thiazole rings is 1. The van der Waals surface area contributed by atoms with E-state index in [9.17, 15) is 4.79 Å². The van der Waals surface area contributed by atoms with Gasteiger partial charge in [-0.25, -0.2) is 4.98 Å². The maximum Gasteiger partial charge on any atom is 0.246 e. The van der Waals surface area contributed by atoms with Crippen LogP contribution in [-0.2, 0) is 4.79 Å². The van der Waals surface area contributed by atoms with Crippen LogP contribution in [0.25, 0.3) is 0 Å². The van der Waals surface area contributed by atoms with E-state index in [1.807, 2.05) is 6.92 Å². The molecule has 1 saturated heterocycles. The standard InChI is InChI=1S/C13H19N3OS/c1-13(6-2-3-7-14-13)11(17)16-12-15-10(8-18-12)9-4-5-9/h8-9,14H,2-7H2,1H3,(H,15,16,17). The normalized spacial score (nSPS) is 28.1. The second kappa shape index (κ2) is 4.63. The highest BCUT2D eigenvalue weighted by atomic mass is 32.1. The van der Waals surface area contributed by atoms with Crippen LogP contribution in [-0.4, -0.2) is 23.0 Å². The second-order valence-corrected chi connectivity index (χ2v) is 6.38. The first-order valence-corrected chi connectivity index (χ1v) is 7.57. The molecule has 0 bridgehead atoms. The largest absolute Gasteiger partial charge is 0.304 e. The molecule has 1 saturated carbocycles. The first-order chi connectivity index (χ1) is 8.67. The Bertz CT molecular complexity index is 447.